The van der Waals surface area contributed by atoms with Gasteiger partial charge in [0, 0.05) is 0 Å². The zero-order valence-electron chi connectivity index (χ0n) is 14.2. The third-order valence-electron chi connectivity index (χ3n) is 3.92. The summed E-state index contributed by atoms with van der Waals surface area (Å²) < 4.78 is 46.5. The molecule has 0 aliphatic rings. The van der Waals surface area contributed by atoms with Crippen LogP contribution in [0.5, 0.6) is 5.75 Å². The minimum atomic E-state index is -0.837. The summed E-state index contributed by atoms with van der Waals surface area (Å²) in [4.78, 5) is 12.4. The number of carbonyl (C=O) groups is 1. The van der Waals surface area contributed by atoms with Crippen molar-refractivity contribution in [1.82, 2.24) is 5.32 Å². The average Bonchev–Trinajstić information content (AvgIpc) is 2.68. The number of benzene rings is 3. The van der Waals surface area contributed by atoms with Gasteiger partial charge in [-0.25, -0.2) is 13.2 Å². The Bertz CT molecular complexity index is 932. The van der Waals surface area contributed by atoms with Gasteiger partial charge in [-0.1, -0.05) is 42.5 Å². The number of hydrogen-bond acceptors (Lipinski definition) is 2. The summed E-state index contributed by atoms with van der Waals surface area (Å²) >= 11 is 0. The van der Waals surface area contributed by atoms with Gasteiger partial charge in [-0.15, -0.1) is 0 Å². The number of nitrogens with one attached hydrogen (secondary N) is 1. The topological polar surface area (TPSA) is 38.3 Å². The van der Waals surface area contributed by atoms with Crippen LogP contribution in [0.1, 0.15) is 22.0 Å². The fourth-order valence-electron chi connectivity index (χ4n) is 2.55. The molecule has 0 bridgehead atoms. The van der Waals surface area contributed by atoms with E-state index in [1.54, 1.807) is 36.4 Å². The first-order valence-corrected chi connectivity index (χ1v) is 8.23. The molecular weight excluding hydrogens is 355 g/mol. The summed E-state index contributed by atoms with van der Waals surface area (Å²) in [6.45, 7) is -0.0897. The van der Waals surface area contributed by atoms with Gasteiger partial charge >= 0.3 is 0 Å². The summed E-state index contributed by atoms with van der Waals surface area (Å²) in [7, 11) is 0. The predicted octanol–water partition coefficient (Wildman–Crippen LogP) is 4.65. The molecule has 3 nitrogen and oxygen atoms in total. The lowest BCUT2D eigenvalue weighted by molar-refractivity contribution is 0.0916. The monoisotopic (exact) mass is 371 g/mol. The van der Waals surface area contributed by atoms with Crippen molar-refractivity contribution in [3.8, 4) is 5.75 Å². The second-order valence-electron chi connectivity index (χ2n) is 5.80. The Morgan fingerprint density at radius 3 is 2.33 bits per heavy atom. The maximum Gasteiger partial charge on any atom is 0.254 e. The molecule has 1 amide bonds. The van der Waals surface area contributed by atoms with Gasteiger partial charge in [0.2, 0.25) is 0 Å². The van der Waals surface area contributed by atoms with Gasteiger partial charge in [0.15, 0.2) is 11.6 Å². The second kappa shape index (κ2) is 8.40. The molecule has 0 saturated heterocycles. The molecule has 0 heterocycles. The zero-order valence-corrected chi connectivity index (χ0v) is 14.2. The summed E-state index contributed by atoms with van der Waals surface area (Å²) in [6, 6.07) is 16.6. The highest BCUT2D eigenvalue weighted by Gasteiger charge is 2.20. The molecule has 0 aliphatic heterocycles. The van der Waals surface area contributed by atoms with Crippen LogP contribution in [0.15, 0.2) is 72.8 Å². The van der Waals surface area contributed by atoms with E-state index in [-0.39, 0.29) is 12.4 Å². The van der Waals surface area contributed by atoms with Crippen LogP contribution in [0.2, 0.25) is 0 Å². The Hall–Kier alpha value is -3.28. The van der Waals surface area contributed by atoms with Gasteiger partial charge in [0.25, 0.3) is 5.91 Å². The molecule has 3 rings (SSSR count). The van der Waals surface area contributed by atoms with Gasteiger partial charge in [-0.3, -0.25) is 4.79 Å². The van der Waals surface area contributed by atoms with E-state index in [1.165, 1.54) is 18.2 Å². The van der Waals surface area contributed by atoms with E-state index in [0.717, 1.165) is 18.2 Å². The van der Waals surface area contributed by atoms with Crippen LogP contribution in [0.25, 0.3) is 0 Å². The maximum absolute atomic E-state index is 13.9. The molecule has 3 aromatic rings. The molecule has 1 N–H and O–H groups in total. The summed E-state index contributed by atoms with van der Waals surface area (Å²) in [5.74, 6) is -2.86. The SMILES string of the molecule is O=C(NC(COc1ccccc1F)c1ccccc1)c1cc(F)ccc1F. The molecule has 0 aromatic heterocycles. The first kappa shape index (κ1) is 18.5. The molecule has 3 aromatic carbocycles. The van der Waals surface area contributed by atoms with E-state index in [0.29, 0.717) is 5.56 Å². The molecule has 0 saturated carbocycles. The van der Waals surface area contributed by atoms with Gasteiger partial charge in [-0.2, -0.15) is 0 Å². The molecule has 1 atom stereocenters. The van der Waals surface area contributed by atoms with Crippen molar-refractivity contribution in [2.24, 2.45) is 0 Å². The van der Waals surface area contributed by atoms with Gasteiger partial charge < -0.3 is 10.1 Å². The van der Waals surface area contributed by atoms with Crippen LogP contribution >= 0.6 is 0 Å². The highest BCUT2D eigenvalue weighted by atomic mass is 19.1. The highest BCUT2D eigenvalue weighted by molar-refractivity contribution is 5.94. The van der Waals surface area contributed by atoms with Gasteiger partial charge in [-0.05, 0) is 35.9 Å². The van der Waals surface area contributed by atoms with E-state index in [4.69, 9.17) is 4.74 Å². The third kappa shape index (κ3) is 4.67. The number of rotatable bonds is 6. The Morgan fingerprint density at radius 1 is 0.889 bits per heavy atom. The fraction of sp³-hybridized carbons (Fsp3) is 0.0952. The summed E-state index contributed by atoms with van der Waals surface area (Å²) in [5.41, 5.74) is 0.265. The van der Waals surface area contributed by atoms with Crippen molar-refractivity contribution >= 4 is 5.91 Å². The zero-order chi connectivity index (χ0) is 19.2. The van der Waals surface area contributed by atoms with E-state index in [9.17, 15) is 18.0 Å². The van der Waals surface area contributed by atoms with Crippen molar-refractivity contribution in [3.05, 3.63) is 101 Å². The van der Waals surface area contributed by atoms with Crippen molar-refractivity contribution in [2.45, 2.75) is 6.04 Å². The summed E-state index contributed by atoms with van der Waals surface area (Å²) in [6.07, 6.45) is 0. The summed E-state index contributed by atoms with van der Waals surface area (Å²) in [5, 5.41) is 2.61. The Balaban J connectivity index is 1.81. The largest absolute Gasteiger partial charge is 0.488 e. The number of halogens is 3. The molecule has 27 heavy (non-hydrogen) atoms. The Labute approximate surface area is 154 Å². The fourth-order valence-corrected chi connectivity index (χ4v) is 2.55. The van der Waals surface area contributed by atoms with Crippen LogP contribution in [-0.2, 0) is 0 Å². The number of carbonyl (C=O) groups excluding carboxylic acids is 1. The quantitative estimate of drug-likeness (QED) is 0.685. The molecule has 0 fully saturated rings. The van der Waals surface area contributed by atoms with Crippen molar-refractivity contribution in [3.63, 3.8) is 0 Å². The number of amides is 1. The van der Waals surface area contributed by atoms with Gasteiger partial charge in [0.05, 0.1) is 11.6 Å². The van der Waals surface area contributed by atoms with E-state index >= 15 is 0 Å². The molecule has 0 spiro atoms. The van der Waals surface area contributed by atoms with Crippen LogP contribution in [-0.4, -0.2) is 12.5 Å². The second-order valence-corrected chi connectivity index (χ2v) is 5.80. The van der Waals surface area contributed by atoms with Crippen molar-refractivity contribution in [2.75, 3.05) is 6.61 Å². The third-order valence-corrected chi connectivity index (χ3v) is 3.92. The normalized spacial score (nSPS) is 11.7. The standard InChI is InChI=1S/C21H16F3NO2/c22-15-10-11-17(23)16(12-15)21(26)25-19(14-6-2-1-3-7-14)13-27-20-9-5-4-8-18(20)24/h1-12,19H,13H2,(H,25,26). The highest BCUT2D eigenvalue weighted by Crippen LogP contribution is 2.20. The van der Waals surface area contributed by atoms with Crippen LogP contribution < -0.4 is 10.1 Å². The number of ether oxygens (including phenoxy) is 1. The number of para-hydroxylation sites is 1. The minimum Gasteiger partial charge on any atom is -0.488 e. The molecule has 138 valence electrons. The molecule has 0 radical (unpaired) electrons. The van der Waals surface area contributed by atoms with E-state index < -0.39 is 35.0 Å². The van der Waals surface area contributed by atoms with Crippen LogP contribution in [0.3, 0.4) is 0 Å². The van der Waals surface area contributed by atoms with Crippen LogP contribution in [0.4, 0.5) is 13.2 Å². The van der Waals surface area contributed by atoms with Gasteiger partial charge in [0.1, 0.15) is 18.2 Å². The van der Waals surface area contributed by atoms with Crippen LogP contribution in [0, 0.1) is 17.5 Å². The minimum absolute atomic E-state index is 0.0321. The molecular formula is C21H16F3NO2. The molecule has 1 unspecified atom stereocenters. The average molecular weight is 371 g/mol. The number of hydrogen-bond donors (Lipinski definition) is 1. The smallest absolute Gasteiger partial charge is 0.254 e. The van der Waals surface area contributed by atoms with E-state index in [1.807, 2.05) is 0 Å². The lowest BCUT2D eigenvalue weighted by atomic mass is 10.1. The Morgan fingerprint density at radius 2 is 1.59 bits per heavy atom. The first-order chi connectivity index (χ1) is 13.0. The lowest BCUT2D eigenvalue weighted by Gasteiger charge is -2.20. The Kier molecular flexibility index (Phi) is 5.76. The lowest BCUT2D eigenvalue weighted by Crippen LogP contribution is -2.33. The molecule has 6 heteroatoms. The predicted molar refractivity (Wildman–Crippen MR) is 94.9 cm³/mol. The van der Waals surface area contributed by atoms with E-state index in [2.05, 4.69) is 5.32 Å². The maximum atomic E-state index is 13.9. The van der Waals surface area contributed by atoms with Crippen molar-refractivity contribution < 1.29 is 22.7 Å². The first-order valence-electron chi connectivity index (χ1n) is 8.23. The van der Waals surface area contributed by atoms with Crippen molar-refractivity contribution in [1.29, 1.82) is 0 Å². The molecule has 0 aliphatic carbocycles.